The van der Waals surface area contributed by atoms with E-state index in [-0.39, 0.29) is 18.3 Å². The van der Waals surface area contributed by atoms with Crippen LogP contribution < -0.4 is 5.32 Å². The van der Waals surface area contributed by atoms with Crippen LogP contribution in [0.15, 0.2) is 51.7 Å². The Labute approximate surface area is 153 Å². The van der Waals surface area contributed by atoms with Gasteiger partial charge in [0.15, 0.2) is 0 Å². The highest BCUT2D eigenvalue weighted by atomic mass is 32.1. The lowest BCUT2D eigenvalue weighted by Crippen LogP contribution is -2.43. The number of nitrogens with one attached hydrogen (secondary N) is 1. The number of urea groups is 1. The fraction of sp³-hybridized carbons (Fsp3) is 0.222. The van der Waals surface area contributed by atoms with E-state index in [0.717, 1.165) is 16.0 Å². The summed E-state index contributed by atoms with van der Waals surface area (Å²) in [6.07, 6.45) is 0.447. The van der Waals surface area contributed by atoms with Crippen LogP contribution in [0.4, 0.5) is 4.79 Å². The number of carbonyl (C=O) groups is 2. The number of amides is 3. The van der Waals surface area contributed by atoms with Crippen LogP contribution in [0.5, 0.6) is 0 Å². The van der Waals surface area contributed by atoms with Crippen molar-refractivity contribution in [2.75, 3.05) is 0 Å². The molecule has 0 aliphatic carbocycles. The van der Waals surface area contributed by atoms with Crippen molar-refractivity contribution in [1.82, 2.24) is 20.4 Å². The topological polar surface area (TPSA) is 88.3 Å². The molecule has 26 heavy (non-hydrogen) atoms. The molecule has 8 heteroatoms. The Morgan fingerprint density at radius 3 is 2.73 bits per heavy atom. The third-order valence-electron chi connectivity index (χ3n) is 4.51. The zero-order valence-electron chi connectivity index (χ0n) is 14.0. The van der Waals surface area contributed by atoms with Gasteiger partial charge in [-0.1, -0.05) is 42.4 Å². The summed E-state index contributed by atoms with van der Waals surface area (Å²) in [6, 6.07) is 10.7. The molecule has 2 aromatic heterocycles. The number of nitrogens with zero attached hydrogens (tertiary/aromatic N) is 3. The Morgan fingerprint density at radius 1 is 1.23 bits per heavy atom. The van der Waals surface area contributed by atoms with Crippen molar-refractivity contribution in [3.05, 3.63) is 58.6 Å². The van der Waals surface area contributed by atoms with Gasteiger partial charge in [-0.15, -0.1) is 0 Å². The molecule has 7 nitrogen and oxygen atoms in total. The monoisotopic (exact) mass is 368 g/mol. The molecule has 1 N–H and O–H groups in total. The van der Waals surface area contributed by atoms with E-state index < -0.39 is 11.6 Å². The van der Waals surface area contributed by atoms with E-state index in [0.29, 0.717) is 12.2 Å². The number of thiophene rings is 1. The molecule has 1 aliphatic heterocycles. The van der Waals surface area contributed by atoms with Crippen LogP contribution in [0.25, 0.3) is 11.4 Å². The molecule has 3 heterocycles. The quantitative estimate of drug-likeness (QED) is 0.699. The van der Waals surface area contributed by atoms with E-state index in [2.05, 4.69) is 15.5 Å². The minimum absolute atomic E-state index is 0.0591. The summed E-state index contributed by atoms with van der Waals surface area (Å²) in [4.78, 5) is 31.0. The van der Waals surface area contributed by atoms with Crippen molar-refractivity contribution in [2.24, 2.45) is 0 Å². The first-order chi connectivity index (χ1) is 12.6. The summed E-state index contributed by atoms with van der Waals surface area (Å²) in [5.74, 6) is 0.347. The average molecular weight is 368 g/mol. The van der Waals surface area contributed by atoms with Crippen molar-refractivity contribution in [1.29, 1.82) is 0 Å². The molecule has 1 saturated heterocycles. The Hall–Kier alpha value is -3.00. The summed E-state index contributed by atoms with van der Waals surface area (Å²) >= 11 is 1.53. The molecule has 0 saturated carbocycles. The van der Waals surface area contributed by atoms with E-state index in [1.165, 1.54) is 11.3 Å². The first kappa shape index (κ1) is 16.5. The smallest absolute Gasteiger partial charge is 0.325 e. The van der Waals surface area contributed by atoms with Gasteiger partial charge in [0.05, 0.1) is 0 Å². The van der Waals surface area contributed by atoms with Crippen LogP contribution in [0, 0.1) is 0 Å². The number of aromatic nitrogens is 2. The van der Waals surface area contributed by atoms with Crippen LogP contribution in [-0.2, 0) is 16.9 Å². The van der Waals surface area contributed by atoms with Gasteiger partial charge in [0, 0.05) is 10.9 Å². The molecule has 132 valence electrons. The number of hydrogen-bond acceptors (Lipinski definition) is 6. The first-order valence-corrected chi connectivity index (χ1v) is 9.13. The van der Waals surface area contributed by atoms with Crippen molar-refractivity contribution >= 4 is 23.3 Å². The summed E-state index contributed by atoms with van der Waals surface area (Å²) in [6.45, 7) is 1.81. The zero-order valence-corrected chi connectivity index (χ0v) is 14.8. The van der Waals surface area contributed by atoms with E-state index in [9.17, 15) is 9.59 Å². The molecule has 3 aromatic rings. The molecule has 1 unspecified atom stereocenters. The van der Waals surface area contributed by atoms with Gasteiger partial charge < -0.3 is 9.84 Å². The Morgan fingerprint density at radius 2 is 2.04 bits per heavy atom. The zero-order chi connectivity index (χ0) is 18.1. The Kier molecular flexibility index (Phi) is 4.04. The number of carbonyl (C=O) groups excluding carboxylic acids is 2. The van der Waals surface area contributed by atoms with E-state index >= 15 is 0 Å². The Balaban J connectivity index is 1.60. The fourth-order valence-corrected chi connectivity index (χ4v) is 3.73. The second-order valence-corrected chi connectivity index (χ2v) is 6.75. The molecule has 4 rings (SSSR count). The maximum Gasteiger partial charge on any atom is 0.325 e. The van der Waals surface area contributed by atoms with Gasteiger partial charge in [-0.05, 0) is 23.4 Å². The van der Waals surface area contributed by atoms with E-state index in [1.807, 2.05) is 54.1 Å². The first-order valence-electron chi connectivity index (χ1n) is 8.19. The summed E-state index contributed by atoms with van der Waals surface area (Å²) < 4.78 is 5.22. The molecule has 1 atom stereocenters. The second kappa shape index (κ2) is 6.38. The maximum atomic E-state index is 13.1. The van der Waals surface area contributed by atoms with Gasteiger partial charge in [-0.2, -0.15) is 16.3 Å². The van der Waals surface area contributed by atoms with Gasteiger partial charge in [-0.25, -0.2) is 4.79 Å². The largest absolute Gasteiger partial charge is 0.337 e. The number of imide groups is 1. The Bertz CT molecular complexity index is 939. The summed E-state index contributed by atoms with van der Waals surface area (Å²) in [5, 5.41) is 10.6. The molecule has 0 bridgehead atoms. The molecule has 1 aliphatic rings. The minimum atomic E-state index is -1.06. The van der Waals surface area contributed by atoms with Crippen LogP contribution in [0.2, 0.25) is 0 Å². The number of benzene rings is 1. The van der Waals surface area contributed by atoms with Crippen molar-refractivity contribution in [2.45, 2.75) is 25.4 Å². The summed E-state index contributed by atoms with van der Waals surface area (Å²) in [5.41, 5.74) is 0.538. The third-order valence-corrected chi connectivity index (χ3v) is 5.20. The molecular formula is C18H16N4O3S. The van der Waals surface area contributed by atoms with Crippen LogP contribution in [0.1, 0.15) is 24.8 Å². The number of hydrogen-bond donors (Lipinski definition) is 1. The molecule has 3 amide bonds. The third kappa shape index (κ3) is 2.59. The molecular weight excluding hydrogens is 352 g/mol. The highest BCUT2D eigenvalue weighted by Gasteiger charge is 2.51. The summed E-state index contributed by atoms with van der Waals surface area (Å²) in [7, 11) is 0. The van der Waals surface area contributed by atoms with Crippen molar-refractivity contribution in [3.8, 4) is 11.4 Å². The highest BCUT2D eigenvalue weighted by molar-refractivity contribution is 7.08. The van der Waals surface area contributed by atoms with Gasteiger partial charge in [0.25, 0.3) is 5.91 Å². The van der Waals surface area contributed by atoms with Gasteiger partial charge >= 0.3 is 6.03 Å². The predicted octanol–water partition coefficient (Wildman–Crippen LogP) is 3.16. The number of rotatable bonds is 5. The van der Waals surface area contributed by atoms with Crippen LogP contribution >= 0.6 is 11.3 Å². The van der Waals surface area contributed by atoms with Gasteiger partial charge in [0.2, 0.25) is 11.7 Å². The predicted molar refractivity (Wildman–Crippen MR) is 95.1 cm³/mol. The highest BCUT2D eigenvalue weighted by Crippen LogP contribution is 2.33. The minimum Gasteiger partial charge on any atom is -0.337 e. The van der Waals surface area contributed by atoms with E-state index in [1.54, 1.807) is 0 Å². The molecule has 1 fully saturated rings. The van der Waals surface area contributed by atoms with Crippen LogP contribution in [-0.4, -0.2) is 27.0 Å². The lowest BCUT2D eigenvalue weighted by atomic mass is 9.87. The SMILES string of the molecule is CCC1(c2ccccc2)NC(=O)N(Cc2nc(-c3ccsc3)no2)C1=O. The molecule has 0 radical (unpaired) electrons. The van der Waals surface area contributed by atoms with Crippen molar-refractivity contribution in [3.63, 3.8) is 0 Å². The van der Waals surface area contributed by atoms with E-state index in [4.69, 9.17) is 4.52 Å². The van der Waals surface area contributed by atoms with Crippen LogP contribution in [0.3, 0.4) is 0 Å². The fourth-order valence-electron chi connectivity index (χ4n) is 3.10. The van der Waals surface area contributed by atoms with Gasteiger partial charge in [0.1, 0.15) is 12.1 Å². The molecule has 0 spiro atoms. The maximum absolute atomic E-state index is 13.1. The second-order valence-electron chi connectivity index (χ2n) is 5.97. The van der Waals surface area contributed by atoms with Gasteiger partial charge in [-0.3, -0.25) is 9.69 Å². The van der Waals surface area contributed by atoms with Crippen molar-refractivity contribution < 1.29 is 14.1 Å². The lowest BCUT2D eigenvalue weighted by molar-refractivity contribution is -0.132. The average Bonchev–Trinajstić information content (AvgIpc) is 3.39. The molecule has 1 aromatic carbocycles. The standard InChI is InChI=1S/C18H16N4O3S/c1-2-18(13-6-4-3-5-7-13)16(23)22(17(24)20-18)10-14-19-15(21-25-14)12-8-9-26-11-12/h3-9,11H,2,10H2,1H3,(H,20,24). The lowest BCUT2D eigenvalue weighted by Gasteiger charge is -2.25. The normalized spacial score (nSPS) is 19.8.